The molecule has 0 aliphatic carbocycles. The van der Waals surface area contributed by atoms with Gasteiger partial charge in [-0.25, -0.2) is 4.79 Å². The summed E-state index contributed by atoms with van der Waals surface area (Å²) in [6.45, 7) is 2.00. The van der Waals surface area contributed by atoms with Gasteiger partial charge < -0.3 is 5.11 Å². The average Bonchev–Trinajstić information content (AvgIpc) is 2.30. The second-order valence-electron chi connectivity index (χ2n) is 3.57. The van der Waals surface area contributed by atoms with E-state index in [0.717, 1.165) is 16.7 Å². The Morgan fingerprint density at radius 3 is 2.44 bits per heavy atom. The summed E-state index contributed by atoms with van der Waals surface area (Å²) in [6.07, 6.45) is 3.52. The smallest absolute Gasteiger partial charge is 0.335 e. The molecule has 0 fully saturated rings. The lowest BCUT2D eigenvalue weighted by Crippen LogP contribution is -1.95. The van der Waals surface area contributed by atoms with Crippen molar-refractivity contribution in [1.82, 2.24) is 4.98 Å². The average molecular weight is 213 g/mol. The van der Waals surface area contributed by atoms with E-state index in [2.05, 4.69) is 4.98 Å². The first-order valence-corrected chi connectivity index (χ1v) is 4.93. The fraction of sp³-hybridized carbons (Fsp3) is 0.0769. The van der Waals surface area contributed by atoms with Crippen LogP contribution in [-0.2, 0) is 0 Å². The third-order valence-electron chi connectivity index (χ3n) is 2.48. The van der Waals surface area contributed by atoms with Crippen LogP contribution in [-0.4, -0.2) is 16.1 Å². The van der Waals surface area contributed by atoms with E-state index in [-0.39, 0.29) is 0 Å². The molecule has 1 aromatic carbocycles. The normalized spacial score (nSPS) is 10.1. The van der Waals surface area contributed by atoms with Crippen molar-refractivity contribution >= 4 is 5.97 Å². The van der Waals surface area contributed by atoms with Gasteiger partial charge in [-0.3, -0.25) is 4.98 Å². The zero-order chi connectivity index (χ0) is 11.5. The predicted octanol–water partition coefficient (Wildman–Crippen LogP) is 2.76. The molecule has 2 aromatic rings. The summed E-state index contributed by atoms with van der Waals surface area (Å²) in [5.41, 5.74) is 3.43. The van der Waals surface area contributed by atoms with E-state index >= 15 is 0 Å². The molecule has 0 spiro atoms. The Morgan fingerprint density at radius 1 is 1.19 bits per heavy atom. The van der Waals surface area contributed by atoms with Gasteiger partial charge in [0.05, 0.1) is 5.56 Å². The summed E-state index contributed by atoms with van der Waals surface area (Å²) in [4.78, 5) is 14.8. The van der Waals surface area contributed by atoms with E-state index in [0.29, 0.717) is 5.56 Å². The zero-order valence-corrected chi connectivity index (χ0v) is 8.84. The quantitative estimate of drug-likeness (QED) is 0.834. The van der Waals surface area contributed by atoms with Crippen LogP contribution in [0, 0.1) is 6.92 Å². The SMILES string of the molecule is Cc1ccncc1-c1ccc(C(=O)O)cc1. The Labute approximate surface area is 93.4 Å². The molecule has 3 heteroatoms. The fourth-order valence-corrected chi connectivity index (χ4v) is 1.56. The molecule has 1 aromatic heterocycles. The highest BCUT2D eigenvalue weighted by Crippen LogP contribution is 2.22. The number of nitrogens with zero attached hydrogens (tertiary/aromatic N) is 1. The second kappa shape index (κ2) is 4.14. The van der Waals surface area contributed by atoms with Crippen molar-refractivity contribution in [2.45, 2.75) is 6.92 Å². The van der Waals surface area contributed by atoms with Gasteiger partial charge in [-0.1, -0.05) is 12.1 Å². The van der Waals surface area contributed by atoms with Crippen LogP contribution in [0.4, 0.5) is 0 Å². The fourth-order valence-electron chi connectivity index (χ4n) is 1.56. The minimum absolute atomic E-state index is 0.297. The number of aromatic nitrogens is 1. The molecule has 3 nitrogen and oxygen atoms in total. The van der Waals surface area contributed by atoms with Crippen molar-refractivity contribution in [3.8, 4) is 11.1 Å². The van der Waals surface area contributed by atoms with Gasteiger partial charge in [0.2, 0.25) is 0 Å². The number of rotatable bonds is 2. The van der Waals surface area contributed by atoms with E-state index in [9.17, 15) is 4.79 Å². The number of aryl methyl sites for hydroxylation is 1. The third-order valence-corrected chi connectivity index (χ3v) is 2.48. The summed E-state index contributed by atoms with van der Waals surface area (Å²) in [7, 11) is 0. The Kier molecular flexibility index (Phi) is 2.68. The van der Waals surface area contributed by atoms with Gasteiger partial charge in [0.25, 0.3) is 0 Å². The number of hydrogen-bond donors (Lipinski definition) is 1. The number of hydrogen-bond acceptors (Lipinski definition) is 2. The number of pyridine rings is 1. The van der Waals surface area contributed by atoms with Gasteiger partial charge >= 0.3 is 5.97 Å². The molecule has 0 unspecified atom stereocenters. The number of benzene rings is 1. The van der Waals surface area contributed by atoms with Gasteiger partial charge in [-0.2, -0.15) is 0 Å². The lowest BCUT2D eigenvalue weighted by Gasteiger charge is -2.04. The van der Waals surface area contributed by atoms with Crippen molar-refractivity contribution in [1.29, 1.82) is 0 Å². The third kappa shape index (κ3) is 1.93. The van der Waals surface area contributed by atoms with E-state index in [1.807, 2.05) is 13.0 Å². The van der Waals surface area contributed by atoms with Gasteiger partial charge in [-0.05, 0) is 36.2 Å². The number of carboxylic acid groups (broad SMARTS) is 1. The first-order chi connectivity index (χ1) is 7.68. The maximum absolute atomic E-state index is 10.7. The molecule has 16 heavy (non-hydrogen) atoms. The summed E-state index contributed by atoms with van der Waals surface area (Å²) in [5, 5.41) is 8.79. The van der Waals surface area contributed by atoms with Gasteiger partial charge in [0.1, 0.15) is 0 Å². The molecular weight excluding hydrogens is 202 g/mol. The molecule has 2 rings (SSSR count). The minimum atomic E-state index is -0.908. The maximum Gasteiger partial charge on any atom is 0.335 e. The van der Waals surface area contributed by atoms with Crippen molar-refractivity contribution in [2.75, 3.05) is 0 Å². The van der Waals surface area contributed by atoms with Crippen LogP contribution in [0.25, 0.3) is 11.1 Å². The predicted molar refractivity (Wildman–Crippen MR) is 61.4 cm³/mol. The van der Waals surface area contributed by atoms with E-state index < -0.39 is 5.97 Å². The summed E-state index contributed by atoms with van der Waals surface area (Å²) in [6, 6.07) is 8.73. The lowest BCUT2D eigenvalue weighted by molar-refractivity contribution is 0.0697. The van der Waals surface area contributed by atoms with Gasteiger partial charge in [0.15, 0.2) is 0 Å². The Bertz CT molecular complexity index is 518. The number of carboxylic acids is 1. The highest BCUT2D eigenvalue weighted by Gasteiger charge is 2.04. The zero-order valence-electron chi connectivity index (χ0n) is 8.84. The molecular formula is C13H11NO2. The molecule has 0 amide bonds. The summed E-state index contributed by atoms with van der Waals surface area (Å²) >= 11 is 0. The van der Waals surface area contributed by atoms with Crippen LogP contribution < -0.4 is 0 Å². The van der Waals surface area contributed by atoms with Crippen molar-refractivity contribution in [3.05, 3.63) is 53.9 Å². The molecule has 1 N–H and O–H groups in total. The monoisotopic (exact) mass is 213 g/mol. The van der Waals surface area contributed by atoms with Gasteiger partial charge in [0, 0.05) is 18.0 Å². The Morgan fingerprint density at radius 2 is 1.88 bits per heavy atom. The van der Waals surface area contributed by atoms with Crippen molar-refractivity contribution in [2.24, 2.45) is 0 Å². The number of aromatic carboxylic acids is 1. The molecule has 0 atom stereocenters. The lowest BCUT2D eigenvalue weighted by atomic mass is 10.0. The molecule has 0 saturated carbocycles. The molecule has 0 aliphatic heterocycles. The largest absolute Gasteiger partial charge is 0.478 e. The highest BCUT2D eigenvalue weighted by molar-refractivity contribution is 5.88. The van der Waals surface area contributed by atoms with E-state index in [1.165, 1.54) is 0 Å². The maximum atomic E-state index is 10.7. The van der Waals surface area contributed by atoms with E-state index in [1.54, 1.807) is 36.7 Å². The summed E-state index contributed by atoms with van der Waals surface area (Å²) in [5.74, 6) is -0.908. The molecule has 1 heterocycles. The first-order valence-electron chi connectivity index (χ1n) is 4.93. The Balaban J connectivity index is 2.43. The van der Waals surface area contributed by atoms with Crippen LogP contribution in [0.1, 0.15) is 15.9 Å². The van der Waals surface area contributed by atoms with Crippen molar-refractivity contribution < 1.29 is 9.90 Å². The van der Waals surface area contributed by atoms with Crippen LogP contribution in [0.3, 0.4) is 0 Å². The Hall–Kier alpha value is -2.16. The number of carbonyl (C=O) groups is 1. The van der Waals surface area contributed by atoms with Crippen LogP contribution in [0.15, 0.2) is 42.7 Å². The van der Waals surface area contributed by atoms with Gasteiger partial charge in [-0.15, -0.1) is 0 Å². The van der Waals surface area contributed by atoms with Crippen molar-refractivity contribution in [3.63, 3.8) is 0 Å². The van der Waals surface area contributed by atoms with Crippen LogP contribution in [0.2, 0.25) is 0 Å². The van der Waals surface area contributed by atoms with E-state index in [4.69, 9.17) is 5.11 Å². The molecule has 0 saturated heterocycles. The standard InChI is InChI=1S/C13H11NO2/c1-9-6-7-14-8-12(9)10-2-4-11(5-3-10)13(15)16/h2-8H,1H3,(H,15,16). The minimum Gasteiger partial charge on any atom is -0.478 e. The summed E-state index contributed by atoms with van der Waals surface area (Å²) < 4.78 is 0. The second-order valence-corrected chi connectivity index (χ2v) is 3.57. The topological polar surface area (TPSA) is 50.2 Å². The van der Waals surface area contributed by atoms with Crippen LogP contribution >= 0.6 is 0 Å². The molecule has 0 bridgehead atoms. The van der Waals surface area contributed by atoms with Crippen LogP contribution in [0.5, 0.6) is 0 Å². The molecule has 0 radical (unpaired) electrons. The first kappa shape index (κ1) is 10.4. The molecule has 0 aliphatic rings. The molecule has 80 valence electrons. The highest BCUT2D eigenvalue weighted by atomic mass is 16.4.